The monoisotopic (exact) mass is 400 g/mol. The number of rotatable bonds is 4. The van der Waals surface area contributed by atoms with Crippen molar-refractivity contribution < 1.29 is 9.67 Å². The van der Waals surface area contributed by atoms with E-state index >= 15 is 0 Å². The zero-order chi connectivity index (χ0) is 18.5. The largest absolute Gasteiger partial charge is 0.867 e. The molecule has 0 bridgehead atoms. The van der Waals surface area contributed by atoms with Crippen molar-refractivity contribution >= 4 is 57.6 Å². The number of thiocarbonyl (C=S) groups is 1. The lowest BCUT2D eigenvalue weighted by molar-refractivity contribution is -0.577. The first kappa shape index (κ1) is 18.4. The van der Waals surface area contributed by atoms with E-state index in [0.717, 1.165) is 0 Å². The molecule has 3 aromatic rings. The second-order valence-corrected chi connectivity index (χ2v) is 6.71. The average molecular weight is 401 g/mol. The van der Waals surface area contributed by atoms with E-state index in [1.807, 2.05) is 30.3 Å². The third-order valence-corrected chi connectivity index (χ3v) is 4.38. The Morgan fingerprint density at radius 1 is 0.885 bits per heavy atom. The van der Waals surface area contributed by atoms with Crippen LogP contribution in [0.1, 0.15) is 5.56 Å². The van der Waals surface area contributed by atoms with Gasteiger partial charge in [0, 0.05) is 27.9 Å². The maximum Gasteiger partial charge on any atom is 0.238 e. The molecule has 0 aliphatic rings. The number of benzene rings is 2. The van der Waals surface area contributed by atoms with Crippen molar-refractivity contribution in [1.82, 2.24) is 0 Å². The molecule has 3 nitrogen and oxygen atoms in total. The molecule has 3 rings (SSSR count). The van der Waals surface area contributed by atoms with E-state index in [-0.39, 0.29) is 5.76 Å². The van der Waals surface area contributed by atoms with E-state index in [1.54, 1.807) is 53.4 Å². The quantitative estimate of drug-likeness (QED) is 0.305. The number of anilines is 1. The van der Waals surface area contributed by atoms with Crippen LogP contribution in [0.5, 0.6) is 0 Å². The van der Waals surface area contributed by atoms with E-state index in [1.165, 1.54) is 0 Å². The van der Waals surface area contributed by atoms with Gasteiger partial charge in [0.25, 0.3) is 0 Å². The summed E-state index contributed by atoms with van der Waals surface area (Å²) in [5, 5.41) is 17.3. The van der Waals surface area contributed by atoms with Crippen molar-refractivity contribution in [2.75, 3.05) is 5.32 Å². The standard InChI is InChI=1S/C20H14Cl2N2OS/c21-15-9-7-14(8-10-15)19(25)18(24-11-2-1-3-12-24)20(26)23-17-6-4-5-16(22)13-17/h1-13H,(H-,23,25,26). The molecule has 0 aliphatic heterocycles. The van der Waals surface area contributed by atoms with Crippen molar-refractivity contribution in [2.45, 2.75) is 0 Å². The molecule has 1 heterocycles. The van der Waals surface area contributed by atoms with Gasteiger partial charge in [-0.05, 0) is 41.7 Å². The van der Waals surface area contributed by atoms with Gasteiger partial charge < -0.3 is 10.4 Å². The number of hydrogen-bond donors (Lipinski definition) is 1. The molecule has 0 fully saturated rings. The van der Waals surface area contributed by atoms with Crippen LogP contribution in [0.2, 0.25) is 10.0 Å². The highest BCUT2D eigenvalue weighted by Crippen LogP contribution is 2.20. The smallest absolute Gasteiger partial charge is 0.238 e. The van der Waals surface area contributed by atoms with Crippen LogP contribution in [0, 0.1) is 0 Å². The molecule has 0 spiro atoms. The summed E-state index contributed by atoms with van der Waals surface area (Å²) in [5.41, 5.74) is 1.54. The third kappa shape index (κ3) is 4.41. The lowest BCUT2D eigenvalue weighted by atomic mass is 10.1. The molecule has 6 heteroatoms. The minimum Gasteiger partial charge on any atom is -0.867 e. The van der Waals surface area contributed by atoms with Crippen LogP contribution in [0.15, 0.2) is 79.1 Å². The van der Waals surface area contributed by atoms with Gasteiger partial charge in [0.15, 0.2) is 17.4 Å². The summed E-state index contributed by atoms with van der Waals surface area (Å²) in [6.45, 7) is 0. The van der Waals surface area contributed by atoms with Gasteiger partial charge in [-0.15, -0.1) is 0 Å². The molecule has 1 N–H and O–H groups in total. The first-order chi connectivity index (χ1) is 12.5. The first-order valence-electron chi connectivity index (χ1n) is 7.75. The molecular formula is C20H14Cl2N2OS. The van der Waals surface area contributed by atoms with E-state index in [2.05, 4.69) is 5.32 Å². The highest BCUT2D eigenvalue weighted by Gasteiger charge is 2.18. The second-order valence-electron chi connectivity index (χ2n) is 5.43. The number of nitrogens with zero attached hydrogens (tertiary/aromatic N) is 1. The lowest BCUT2D eigenvalue weighted by Crippen LogP contribution is -2.39. The summed E-state index contributed by atoms with van der Waals surface area (Å²) in [7, 11) is 0. The summed E-state index contributed by atoms with van der Waals surface area (Å²) in [6.07, 6.45) is 3.55. The van der Waals surface area contributed by atoms with Crippen LogP contribution < -0.4 is 15.0 Å². The molecular weight excluding hydrogens is 387 g/mol. The molecule has 26 heavy (non-hydrogen) atoms. The average Bonchev–Trinajstić information content (AvgIpc) is 2.63. The van der Waals surface area contributed by atoms with Gasteiger partial charge in [0.1, 0.15) is 0 Å². The van der Waals surface area contributed by atoms with Crippen LogP contribution >= 0.6 is 35.4 Å². The molecule has 0 saturated heterocycles. The van der Waals surface area contributed by atoms with Crippen molar-refractivity contribution in [3.05, 3.63) is 94.7 Å². The second kappa shape index (κ2) is 8.32. The number of nitrogens with one attached hydrogen (secondary N) is 1. The van der Waals surface area contributed by atoms with Crippen LogP contribution in [0.25, 0.3) is 11.5 Å². The fourth-order valence-electron chi connectivity index (χ4n) is 2.38. The fourth-order valence-corrected chi connectivity index (χ4v) is 3.01. The van der Waals surface area contributed by atoms with Crippen molar-refractivity contribution in [3.8, 4) is 0 Å². The predicted molar refractivity (Wildman–Crippen MR) is 109 cm³/mol. The van der Waals surface area contributed by atoms with E-state index in [9.17, 15) is 5.11 Å². The summed E-state index contributed by atoms with van der Waals surface area (Å²) in [5.74, 6) is -0.211. The summed E-state index contributed by atoms with van der Waals surface area (Å²) in [6, 6.07) is 19.4. The molecule has 0 amide bonds. The van der Waals surface area contributed by atoms with Crippen LogP contribution in [0.3, 0.4) is 0 Å². The molecule has 130 valence electrons. The van der Waals surface area contributed by atoms with Gasteiger partial charge in [-0.3, -0.25) is 0 Å². The van der Waals surface area contributed by atoms with Crippen LogP contribution in [0.4, 0.5) is 5.69 Å². The summed E-state index contributed by atoms with van der Waals surface area (Å²) in [4.78, 5) is 0.295. The van der Waals surface area contributed by atoms with Crippen LogP contribution in [-0.2, 0) is 0 Å². The van der Waals surface area contributed by atoms with Crippen LogP contribution in [-0.4, -0.2) is 4.99 Å². The Morgan fingerprint density at radius 2 is 1.58 bits per heavy atom. The van der Waals surface area contributed by atoms with Crippen molar-refractivity contribution in [3.63, 3.8) is 0 Å². The minimum absolute atomic E-state index is 0.211. The van der Waals surface area contributed by atoms with Gasteiger partial charge in [0.2, 0.25) is 5.70 Å². The Hall–Kier alpha value is -2.40. The Balaban J connectivity index is 2.05. The number of pyridine rings is 1. The SMILES string of the molecule is [O-]C(=C(C(=S)Nc1cccc(Cl)c1)[n+]1ccccc1)c1ccc(Cl)cc1. The zero-order valence-electron chi connectivity index (χ0n) is 13.5. The Labute approximate surface area is 167 Å². The normalized spacial score (nSPS) is 11.6. The summed E-state index contributed by atoms with van der Waals surface area (Å²) < 4.78 is 1.69. The Kier molecular flexibility index (Phi) is 5.89. The van der Waals surface area contributed by atoms with E-state index in [4.69, 9.17) is 35.4 Å². The van der Waals surface area contributed by atoms with Gasteiger partial charge in [0.05, 0.1) is 0 Å². The van der Waals surface area contributed by atoms with Crippen molar-refractivity contribution in [1.29, 1.82) is 0 Å². The summed E-state index contributed by atoms with van der Waals surface area (Å²) >= 11 is 17.5. The predicted octanol–water partition coefficient (Wildman–Crippen LogP) is 4.41. The molecule has 1 aromatic heterocycles. The maximum atomic E-state index is 13.1. The lowest BCUT2D eigenvalue weighted by Gasteiger charge is -2.17. The molecule has 2 aromatic carbocycles. The Bertz CT molecular complexity index is 957. The van der Waals surface area contributed by atoms with E-state index < -0.39 is 0 Å². The fraction of sp³-hybridized carbons (Fsp3) is 0. The number of hydrogen-bond acceptors (Lipinski definition) is 2. The van der Waals surface area contributed by atoms with Gasteiger partial charge in [-0.1, -0.05) is 59.7 Å². The Morgan fingerprint density at radius 3 is 2.23 bits per heavy atom. The zero-order valence-corrected chi connectivity index (χ0v) is 15.9. The maximum absolute atomic E-state index is 13.1. The molecule has 0 unspecified atom stereocenters. The molecule has 0 radical (unpaired) electrons. The molecule has 0 atom stereocenters. The number of aromatic nitrogens is 1. The topological polar surface area (TPSA) is 39.0 Å². The molecule has 0 saturated carbocycles. The third-order valence-electron chi connectivity index (χ3n) is 3.59. The van der Waals surface area contributed by atoms with Gasteiger partial charge >= 0.3 is 0 Å². The van der Waals surface area contributed by atoms with Gasteiger partial charge in [-0.25, -0.2) is 0 Å². The van der Waals surface area contributed by atoms with Crippen molar-refractivity contribution in [2.24, 2.45) is 0 Å². The molecule has 0 aliphatic carbocycles. The minimum atomic E-state index is -0.211. The highest BCUT2D eigenvalue weighted by molar-refractivity contribution is 7.81. The number of halogens is 2. The highest BCUT2D eigenvalue weighted by atomic mass is 35.5. The van der Waals surface area contributed by atoms with Gasteiger partial charge in [-0.2, -0.15) is 4.57 Å². The first-order valence-corrected chi connectivity index (χ1v) is 8.92. The van der Waals surface area contributed by atoms with E-state index in [0.29, 0.717) is 32.0 Å².